The van der Waals surface area contributed by atoms with Crippen molar-refractivity contribution < 1.29 is 9.53 Å². The molecule has 4 rings (SSSR count). The van der Waals surface area contributed by atoms with Gasteiger partial charge >= 0.3 is 0 Å². The van der Waals surface area contributed by atoms with Crippen LogP contribution in [0.3, 0.4) is 0 Å². The van der Waals surface area contributed by atoms with Gasteiger partial charge in [-0.1, -0.05) is 48.5 Å². The Labute approximate surface area is 164 Å². The van der Waals surface area contributed by atoms with E-state index in [1.54, 1.807) is 11.3 Å². The minimum absolute atomic E-state index is 0.0312. The summed E-state index contributed by atoms with van der Waals surface area (Å²) in [7, 11) is 0. The lowest BCUT2D eigenvalue weighted by molar-refractivity contribution is -0.133. The average Bonchev–Trinajstić information content (AvgIpc) is 3.20. The first-order valence-electron chi connectivity index (χ1n) is 9.41. The van der Waals surface area contributed by atoms with Crippen molar-refractivity contribution in [2.45, 2.75) is 25.3 Å². The average molecular weight is 378 g/mol. The molecule has 2 aromatic carbocycles. The van der Waals surface area contributed by atoms with Crippen LogP contribution in [0.5, 0.6) is 5.75 Å². The van der Waals surface area contributed by atoms with Crippen molar-refractivity contribution in [1.82, 2.24) is 4.90 Å². The van der Waals surface area contributed by atoms with Gasteiger partial charge in [0, 0.05) is 17.8 Å². The molecule has 0 bridgehead atoms. The van der Waals surface area contributed by atoms with E-state index in [4.69, 9.17) is 4.74 Å². The molecule has 4 heteroatoms. The SMILES string of the molecule is O=C(CCCOc1ccccc1)N1CCc2sccc2C1c1ccccc1. The van der Waals surface area contributed by atoms with E-state index in [0.717, 1.165) is 25.1 Å². The third kappa shape index (κ3) is 4.06. The number of hydrogen-bond acceptors (Lipinski definition) is 3. The quantitative estimate of drug-likeness (QED) is 0.561. The number of amides is 1. The van der Waals surface area contributed by atoms with Gasteiger partial charge in [0.05, 0.1) is 12.6 Å². The highest BCUT2D eigenvalue weighted by molar-refractivity contribution is 7.10. The fraction of sp³-hybridized carbons (Fsp3) is 0.261. The molecule has 0 spiro atoms. The molecular formula is C23H23NO2S. The van der Waals surface area contributed by atoms with Gasteiger partial charge in [-0.25, -0.2) is 0 Å². The van der Waals surface area contributed by atoms with Crippen LogP contribution in [-0.2, 0) is 11.2 Å². The van der Waals surface area contributed by atoms with Crippen molar-refractivity contribution in [2.75, 3.05) is 13.2 Å². The number of thiophene rings is 1. The second-order valence-electron chi connectivity index (χ2n) is 6.71. The summed E-state index contributed by atoms with van der Waals surface area (Å²) in [5.74, 6) is 1.06. The lowest BCUT2D eigenvalue weighted by Crippen LogP contribution is -2.40. The molecular weight excluding hydrogens is 354 g/mol. The number of benzene rings is 2. The highest BCUT2D eigenvalue weighted by atomic mass is 32.1. The van der Waals surface area contributed by atoms with E-state index < -0.39 is 0 Å². The lowest BCUT2D eigenvalue weighted by Gasteiger charge is -2.36. The highest BCUT2D eigenvalue weighted by Crippen LogP contribution is 2.38. The monoisotopic (exact) mass is 377 g/mol. The van der Waals surface area contributed by atoms with Gasteiger partial charge < -0.3 is 9.64 Å². The summed E-state index contributed by atoms with van der Waals surface area (Å²) in [6.45, 7) is 1.34. The Kier molecular flexibility index (Phi) is 5.54. The number of carbonyl (C=O) groups is 1. The number of para-hydroxylation sites is 1. The zero-order valence-electron chi connectivity index (χ0n) is 15.2. The van der Waals surface area contributed by atoms with E-state index in [9.17, 15) is 4.79 Å². The molecule has 2 heterocycles. The van der Waals surface area contributed by atoms with Crippen LogP contribution in [0.1, 0.15) is 34.9 Å². The van der Waals surface area contributed by atoms with Gasteiger partial charge in [-0.2, -0.15) is 0 Å². The van der Waals surface area contributed by atoms with Gasteiger partial charge in [0.2, 0.25) is 5.91 Å². The fourth-order valence-corrected chi connectivity index (χ4v) is 4.56. The molecule has 0 radical (unpaired) electrons. The van der Waals surface area contributed by atoms with E-state index in [1.807, 2.05) is 53.4 Å². The number of nitrogens with zero attached hydrogens (tertiary/aromatic N) is 1. The zero-order valence-corrected chi connectivity index (χ0v) is 16.0. The summed E-state index contributed by atoms with van der Waals surface area (Å²) in [5, 5.41) is 2.14. The first-order valence-corrected chi connectivity index (χ1v) is 10.3. The molecule has 3 nitrogen and oxygen atoms in total. The first-order chi connectivity index (χ1) is 13.3. The Hall–Kier alpha value is -2.59. The molecule has 1 aromatic heterocycles. The molecule has 0 N–H and O–H groups in total. The van der Waals surface area contributed by atoms with Gasteiger partial charge in [-0.3, -0.25) is 4.79 Å². The van der Waals surface area contributed by atoms with Gasteiger partial charge in [0.1, 0.15) is 5.75 Å². The van der Waals surface area contributed by atoms with Crippen LogP contribution in [0.25, 0.3) is 0 Å². The van der Waals surface area contributed by atoms with Crippen LogP contribution in [0, 0.1) is 0 Å². The van der Waals surface area contributed by atoms with E-state index in [-0.39, 0.29) is 11.9 Å². The minimum atomic E-state index is 0.0312. The Bertz CT molecular complexity index is 876. The number of carbonyl (C=O) groups excluding carboxylic acids is 1. The smallest absolute Gasteiger partial charge is 0.223 e. The molecule has 3 aromatic rings. The molecule has 0 fully saturated rings. The van der Waals surface area contributed by atoms with Crippen LogP contribution in [-0.4, -0.2) is 24.0 Å². The van der Waals surface area contributed by atoms with E-state index in [2.05, 4.69) is 23.6 Å². The van der Waals surface area contributed by atoms with E-state index >= 15 is 0 Å². The van der Waals surface area contributed by atoms with Gasteiger partial charge in [-0.05, 0) is 47.5 Å². The topological polar surface area (TPSA) is 29.5 Å². The minimum Gasteiger partial charge on any atom is -0.494 e. The molecule has 0 aliphatic carbocycles. The Balaban J connectivity index is 1.42. The molecule has 27 heavy (non-hydrogen) atoms. The van der Waals surface area contributed by atoms with Crippen molar-refractivity contribution in [1.29, 1.82) is 0 Å². The van der Waals surface area contributed by atoms with Gasteiger partial charge in [0.25, 0.3) is 0 Å². The van der Waals surface area contributed by atoms with Crippen LogP contribution >= 0.6 is 11.3 Å². The highest BCUT2D eigenvalue weighted by Gasteiger charge is 2.32. The number of fused-ring (bicyclic) bond motifs is 1. The number of rotatable bonds is 6. The van der Waals surface area contributed by atoms with Crippen molar-refractivity contribution >= 4 is 17.2 Å². The van der Waals surface area contributed by atoms with Crippen LogP contribution < -0.4 is 4.74 Å². The summed E-state index contributed by atoms with van der Waals surface area (Å²) in [6.07, 6.45) is 2.18. The van der Waals surface area contributed by atoms with E-state index in [0.29, 0.717) is 13.0 Å². The molecule has 138 valence electrons. The van der Waals surface area contributed by atoms with Crippen molar-refractivity contribution in [2.24, 2.45) is 0 Å². The number of ether oxygens (including phenoxy) is 1. The maximum atomic E-state index is 13.0. The molecule has 0 saturated heterocycles. The summed E-state index contributed by atoms with van der Waals surface area (Å²) in [5.41, 5.74) is 2.47. The summed E-state index contributed by atoms with van der Waals surface area (Å²) in [6, 6.07) is 22.3. The Morgan fingerprint density at radius 1 is 1.04 bits per heavy atom. The normalized spacial score (nSPS) is 16.0. The lowest BCUT2D eigenvalue weighted by atomic mass is 9.93. The molecule has 1 unspecified atom stereocenters. The maximum Gasteiger partial charge on any atom is 0.223 e. The van der Waals surface area contributed by atoms with Crippen molar-refractivity contribution in [3.8, 4) is 5.75 Å². The Morgan fingerprint density at radius 2 is 1.78 bits per heavy atom. The van der Waals surface area contributed by atoms with Crippen LogP contribution in [0.15, 0.2) is 72.1 Å². The predicted octanol–water partition coefficient (Wildman–Crippen LogP) is 5.08. The summed E-state index contributed by atoms with van der Waals surface area (Å²) < 4.78 is 5.73. The van der Waals surface area contributed by atoms with E-state index in [1.165, 1.54) is 16.0 Å². The van der Waals surface area contributed by atoms with Crippen LogP contribution in [0.4, 0.5) is 0 Å². The first kappa shape index (κ1) is 17.8. The molecule has 1 aliphatic heterocycles. The maximum absolute atomic E-state index is 13.0. The molecule has 1 atom stereocenters. The zero-order chi connectivity index (χ0) is 18.5. The predicted molar refractivity (Wildman–Crippen MR) is 109 cm³/mol. The molecule has 0 saturated carbocycles. The third-order valence-corrected chi connectivity index (χ3v) is 5.94. The fourth-order valence-electron chi connectivity index (χ4n) is 3.65. The molecule has 1 aliphatic rings. The molecule has 1 amide bonds. The standard InChI is InChI=1S/C23H23NO2S/c25-22(12-7-16-26-19-10-5-2-6-11-19)24-15-13-21-20(14-17-27-21)23(24)18-8-3-1-4-9-18/h1-6,8-11,14,17,23H,7,12-13,15-16H2. The van der Waals surface area contributed by atoms with Crippen LogP contribution in [0.2, 0.25) is 0 Å². The summed E-state index contributed by atoms with van der Waals surface area (Å²) >= 11 is 1.80. The summed E-state index contributed by atoms with van der Waals surface area (Å²) in [4.78, 5) is 16.5. The van der Waals surface area contributed by atoms with Crippen molar-refractivity contribution in [3.05, 3.63) is 88.1 Å². The second kappa shape index (κ2) is 8.40. The largest absolute Gasteiger partial charge is 0.494 e. The van der Waals surface area contributed by atoms with Crippen molar-refractivity contribution in [3.63, 3.8) is 0 Å². The Morgan fingerprint density at radius 3 is 2.56 bits per heavy atom. The number of hydrogen-bond donors (Lipinski definition) is 0. The van der Waals surface area contributed by atoms with Gasteiger partial charge in [0.15, 0.2) is 0 Å². The third-order valence-electron chi connectivity index (χ3n) is 4.95. The second-order valence-corrected chi connectivity index (χ2v) is 7.72. The van der Waals surface area contributed by atoms with Gasteiger partial charge in [-0.15, -0.1) is 11.3 Å².